The second-order valence-electron chi connectivity index (χ2n) is 15.5. The van der Waals surface area contributed by atoms with E-state index < -0.39 is 11.7 Å². The topological polar surface area (TPSA) is 99.9 Å². The molecule has 0 radical (unpaired) electrons. The van der Waals surface area contributed by atoms with Gasteiger partial charge in [-0.25, -0.2) is 9.37 Å². The molecule has 2 aliphatic heterocycles. The van der Waals surface area contributed by atoms with Gasteiger partial charge >= 0.3 is 0 Å². The lowest BCUT2D eigenvalue weighted by Crippen LogP contribution is -2.60. The molecule has 3 N–H and O–H groups in total. The summed E-state index contributed by atoms with van der Waals surface area (Å²) in [4.78, 5) is 27.2. The number of anilines is 1. The molecular weight excluding hydrogens is 668 g/mol. The molecule has 1 amide bonds. The highest BCUT2D eigenvalue weighted by atomic mass is 19.1. The minimum absolute atomic E-state index is 0.274. The number of piperazine rings is 1. The number of nitrogens with two attached hydrogens (primary N) is 1. The van der Waals surface area contributed by atoms with Crippen molar-refractivity contribution in [2.45, 2.75) is 64.1 Å². The molecule has 4 heterocycles. The van der Waals surface area contributed by atoms with Crippen LogP contribution in [-0.2, 0) is 6.54 Å². The summed E-state index contributed by atoms with van der Waals surface area (Å²) in [7, 11) is 1.71. The molecule has 5 aromatic rings. The average Bonchev–Trinajstić information content (AvgIpc) is 3.53. The van der Waals surface area contributed by atoms with Crippen molar-refractivity contribution >= 4 is 22.6 Å². The van der Waals surface area contributed by atoms with Gasteiger partial charge in [0.05, 0.1) is 24.3 Å². The number of methoxy groups -OCH3 is 1. The fraction of sp³-hybridized carbons (Fsp3) is 0.395. The first-order chi connectivity index (χ1) is 25.7. The van der Waals surface area contributed by atoms with E-state index >= 15 is 0 Å². The fourth-order valence-corrected chi connectivity index (χ4v) is 8.99. The summed E-state index contributed by atoms with van der Waals surface area (Å²) in [5, 5.41) is 0.324. The van der Waals surface area contributed by atoms with E-state index in [1.807, 2.05) is 12.1 Å². The maximum absolute atomic E-state index is 14.2. The lowest BCUT2D eigenvalue weighted by Gasteiger charge is -2.58. The number of halogens is 1. The molecular formula is C43H49FN6O3. The van der Waals surface area contributed by atoms with Gasteiger partial charge in [0.2, 0.25) is 0 Å². The Morgan fingerprint density at radius 2 is 1.77 bits per heavy atom. The van der Waals surface area contributed by atoms with Crippen LogP contribution in [0.5, 0.6) is 17.2 Å². The van der Waals surface area contributed by atoms with Crippen LogP contribution in [0, 0.1) is 11.2 Å². The zero-order valence-corrected chi connectivity index (χ0v) is 30.9. The van der Waals surface area contributed by atoms with Crippen LogP contribution in [-0.4, -0.2) is 71.6 Å². The molecule has 276 valence electrons. The third-order valence-electron chi connectivity index (χ3n) is 12.0. The quantitative estimate of drug-likeness (QED) is 0.151. The molecule has 8 rings (SSSR count). The summed E-state index contributed by atoms with van der Waals surface area (Å²) in [6.07, 6.45) is 7.46. The van der Waals surface area contributed by atoms with Crippen molar-refractivity contribution in [2.75, 3.05) is 44.7 Å². The smallest absolute Gasteiger partial charge is 0.252 e. The molecule has 1 aliphatic carbocycles. The van der Waals surface area contributed by atoms with Crippen LogP contribution in [0.1, 0.15) is 78.5 Å². The number of aromatic amines is 1. The van der Waals surface area contributed by atoms with E-state index in [2.05, 4.69) is 87.0 Å². The third-order valence-corrected chi connectivity index (χ3v) is 12.0. The van der Waals surface area contributed by atoms with Crippen LogP contribution in [0.4, 0.5) is 10.1 Å². The van der Waals surface area contributed by atoms with E-state index in [9.17, 15) is 9.18 Å². The number of pyridine rings is 1. The van der Waals surface area contributed by atoms with Crippen molar-refractivity contribution in [3.63, 3.8) is 0 Å². The zero-order chi connectivity index (χ0) is 36.7. The van der Waals surface area contributed by atoms with Crippen LogP contribution in [0.25, 0.3) is 11.0 Å². The standard InChI is InChI=1S/C43H49FN6O3/c1-28(2)34-6-4-5-7-35(34)39-27-48(26-29-8-11-32(52-3)12-9-29)18-19-50(39)31-22-43(23-31)14-16-49(17-15-43)30-10-13-36(41(45)51)40(20-30)53-33-21-37-38(44)25-47-42(37)46-24-33/h4-13,20-21,24-25,28,31,39H,14-19,22-23,26-27H2,1-3H3,(H2,45,51)(H,46,47). The van der Waals surface area contributed by atoms with Crippen molar-refractivity contribution in [1.82, 2.24) is 19.8 Å². The number of nitrogens with one attached hydrogen (secondary N) is 1. The molecule has 1 saturated carbocycles. The van der Waals surface area contributed by atoms with Gasteiger partial charge in [-0.1, -0.05) is 50.2 Å². The Balaban J connectivity index is 0.947. The van der Waals surface area contributed by atoms with Gasteiger partial charge in [-0.15, -0.1) is 0 Å². The molecule has 3 aromatic carbocycles. The van der Waals surface area contributed by atoms with E-state index in [4.69, 9.17) is 15.2 Å². The third kappa shape index (κ3) is 7.10. The number of benzene rings is 3. The van der Waals surface area contributed by atoms with Crippen molar-refractivity contribution in [2.24, 2.45) is 11.1 Å². The monoisotopic (exact) mass is 716 g/mol. The van der Waals surface area contributed by atoms with E-state index in [-0.39, 0.29) is 5.56 Å². The van der Waals surface area contributed by atoms with Gasteiger partial charge in [-0.2, -0.15) is 0 Å². The first-order valence-electron chi connectivity index (χ1n) is 18.9. The Morgan fingerprint density at radius 1 is 1.00 bits per heavy atom. The molecule has 0 bridgehead atoms. The predicted molar refractivity (Wildman–Crippen MR) is 206 cm³/mol. The first-order valence-corrected chi connectivity index (χ1v) is 18.9. The molecule has 2 aromatic heterocycles. The van der Waals surface area contributed by atoms with Gasteiger partial charge < -0.3 is 25.1 Å². The van der Waals surface area contributed by atoms with Crippen LogP contribution >= 0.6 is 0 Å². The normalized spacial score (nSPS) is 19.5. The summed E-state index contributed by atoms with van der Waals surface area (Å²) in [6.45, 7) is 10.6. The van der Waals surface area contributed by atoms with E-state index in [0.717, 1.165) is 63.5 Å². The molecule has 3 fully saturated rings. The summed E-state index contributed by atoms with van der Waals surface area (Å²) in [6, 6.07) is 25.6. The largest absolute Gasteiger partial charge is 0.497 e. The number of nitrogens with zero attached hydrogens (tertiary/aromatic N) is 4. The number of rotatable bonds is 10. The molecule has 10 heteroatoms. The number of fused-ring (bicyclic) bond motifs is 1. The van der Waals surface area contributed by atoms with Crippen molar-refractivity contribution in [1.29, 1.82) is 0 Å². The number of piperidine rings is 1. The summed E-state index contributed by atoms with van der Waals surface area (Å²) in [5.74, 6) is 1.05. The number of hydrogen-bond donors (Lipinski definition) is 2. The van der Waals surface area contributed by atoms with Gasteiger partial charge in [-0.3, -0.25) is 14.6 Å². The minimum Gasteiger partial charge on any atom is -0.497 e. The fourth-order valence-electron chi connectivity index (χ4n) is 8.99. The first kappa shape index (κ1) is 35.1. The second-order valence-corrected chi connectivity index (χ2v) is 15.5. The van der Waals surface area contributed by atoms with Crippen molar-refractivity contribution in [3.05, 3.63) is 113 Å². The van der Waals surface area contributed by atoms with Gasteiger partial charge in [0, 0.05) is 69.3 Å². The number of carbonyl (C=O) groups excluding carboxylic acids is 1. The van der Waals surface area contributed by atoms with Gasteiger partial charge in [-0.05, 0) is 84.0 Å². The van der Waals surface area contributed by atoms with Gasteiger partial charge in [0.1, 0.15) is 28.7 Å². The Kier molecular flexibility index (Phi) is 9.59. The molecule has 9 nitrogen and oxygen atoms in total. The summed E-state index contributed by atoms with van der Waals surface area (Å²) >= 11 is 0. The van der Waals surface area contributed by atoms with Crippen molar-refractivity contribution < 1.29 is 18.7 Å². The molecule has 1 atom stereocenters. The van der Waals surface area contributed by atoms with E-state index in [1.54, 1.807) is 19.2 Å². The average molecular weight is 717 g/mol. The highest BCUT2D eigenvalue weighted by Crippen LogP contribution is 2.53. The number of amides is 1. The molecule has 53 heavy (non-hydrogen) atoms. The number of primary amides is 1. The predicted octanol–water partition coefficient (Wildman–Crippen LogP) is 8.03. The maximum Gasteiger partial charge on any atom is 0.252 e. The minimum atomic E-state index is -0.581. The number of ether oxygens (including phenoxy) is 2. The van der Waals surface area contributed by atoms with Crippen LogP contribution in [0.3, 0.4) is 0 Å². The SMILES string of the molecule is COc1ccc(CN2CCN(C3CC4(CCN(c5ccc(C(N)=O)c(Oc6cnc7[nH]cc(F)c7c6)c5)CC4)C3)C(c3ccccc3C(C)C)C2)cc1. The number of hydrogen-bond acceptors (Lipinski definition) is 7. The molecule has 1 unspecified atom stereocenters. The van der Waals surface area contributed by atoms with Gasteiger partial charge in [0.15, 0.2) is 0 Å². The lowest BCUT2D eigenvalue weighted by atomic mass is 9.59. The molecule has 1 spiro atoms. The Hall–Kier alpha value is -4.93. The lowest BCUT2D eigenvalue weighted by molar-refractivity contribution is -0.0628. The van der Waals surface area contributed by atoms with Crippen LogP contribution < -0.4 is 20.1 Å². The van der Waals surface area contributed by atoms with Crippen LogP contribution in [0.15, 0.2) is 85.2 Å². The second kappa shape index (κ2) is 14.5. The number of H-pyrrole nitrogens is 1. The van der Waals surface area contributed by atoms with E-state index in [1.165, 1.54) is 41.9 Å². The Morgan fingerprint density at radius 3 is 2.51 bits per heavy atom. The van der Waals surface area contributed by atoms with E-state index in [0.29, 0.717) is 45.9 Å². The Bertz CT molecular complexity index is 2080. The zero-order valence-electron chi connectivity index (χ0n) is 30.9. The highest BCUT2D eigenvalue weighted by Gasteiger charge is 2.50. The summed E-state index contributed by atoms with van der Waals surface area (Å²) in [5.41, 5.74) is 12.0. The Labute approximate surface area is 310 Å². The number of carbonyl (C=O) groups is 1. The molecule has 3 aliphatic rings. The maximum atomic E-state index is 14.2. The van der Waals surface area contributed by atoms with Crippen molar-refractivity contribution in [3.8, 4) is 17.2 Å². The molecule has 2 saturated heterocycles. The van der Waals surface area contributed by atoms with Crippen LogP contribution in [0.2, 0.25) is 0 Å². The summed E-state index contributed by atoms with van der Waals surface area (Å²) < 4.78 is 25.8. The van der Waals surface area contributed by atoms with Gasteiger partial charge in [0.25, 0.3) is 5.91 Å². The highest BCUT2D eigenvalue weighted by molar-refractivity contribution is 5.96. The number of aromatic nitrogens is 2.